The third-order valence-corrected chi connectivity index (χ3v) is 12.9. The summed E-state index contributed by atoms with van der Waals surface area (Å²) in [6.45, 7) is 20.7. The molecule has 4 heteroatoms. The molecule has 3 nitrogen and oxygen atoms in total. The molecule has 0 amide bonds. The molecule has 0 atom stereocenters. The first kappa shape index (κ1) is 34.3. The van der Waals surface area contributed by atoms with Crippen LogP contribution in [0, 0.1) is 20.8 Å². The first-order chi connectivity index (χ1) is 27.3. The van der Waals surface area contributed by atoms with Crippen LogP contribution in [0.5, 0.6) is 0 Å². The Morgan fingerprint density at radius 3 is 1.96 bits per heavy atom. The maximum Gasteiger partial charge on any atom is 0.333 e. The number of aryl methyl sites for hydroxylation is 3. The highest BCUT2D eigenvalue weighted by Crippen LogP contribution is 2.51. The molecular weight excluding hydrogens is 691 g/mol. The van der Waals surface area contributed by atoms with Crippen LogP contribution in [0.2, 0.25) is 0 Å². The van der Waals surface area contributed by atoms with E-state index in [1.165, 1.54) is 105 Å². The van der Waals surface area contributed by atoms with Gasteiger partial charge in [0.25, 0.3) is 0 Å². The molecule has 0 radical (unpaired) electrons. The van der Waals surface area contributed by atoms with Crippen LogP contribution in [0.4, 0.5) is 17.1 Å². The Hall–Kier alpha value is -6.00. The van der Waals surface area contributed by atoms with Crippen molar-refractivity contribution < 1.29 is 4.42 Å². The van der Waals surface area contributed by atoms with Crippen molar-refractivity contribution in [3.63, 3.8) is 0 Å². The van der Waals surface area contributed by atoms with Crippen LogP contribution in [-0.2, 0) is 10.8 Å². The number of hydrogen-bond donors (Lipinski definition) is 0. The summed E-state index contributed by atoms with van der Waals surface area (Å²) in [5, 5.41) is 4.89. The van der Waals surface area contributed by atoms with E-state index in [1.54, 1.807) is 0 Å². The van der Waals surface area contributed by atoms with Crippen LogP contribution in [0.1, 0.15) is 69.4 Å². The molecule has 0 saturated heterocycles. The summed E-state index contributed by atoms with van der Waals surface area (Å²) in [4.78, 5) is 2.61. The number of para-hydroxylation sites is 3. The summed E-state index contributed by atoms with van der Waals surface area (Å²) in [6.07, 6.45) is 0. The number of rotatable bonds is 2. The van der Waals surface area contributed by atoms with Crippen LogP contribution in [0.25, 0.3) is 66.0 Å². The molecule has 57 heavy (non-hydrogen) atoms. The maximum atomic E-state index is 6.87. The van der Waals surface area contributed by atoms with Crippen molar-refractivity contribution in [2.45, 2.75) is 73.1 Å². The second-order valence-corrected chi connectivity index (χ2v) is 18.8. The van der Waals surface area contributed by atoms with Gasteiger partial charge in [-0.15, -0.1) is 0 Å². The number of hydrogen-bond acceptors (Lipinski definition) is 2. The molecule has 11 rings (SSSR count). The predicted molar refractivity (Wildman–Crippen MR) is 244 cm³/mol. The van der Waals surface area contributed by atoms with Gasteiger partial charge >= 0.3 is 6.85 Å². The standard InChI is InChI=1S/C53H47BN2O/c1-30-23-31(2)47(32(3)24-30)33-21-22-44-42(25-33)54-49-41(39-18-14-17-38-37-15-10-12-19-43(37)56(54)50(38)39)29-46-48(40-16-11-13-20-45(40)57-46)51(49)55(44)36-27-34(52(4,5)6)26-35(28-36)53(7,8)9/h10-29H,1-9H3. The average molecular weight is 739 g/mol. The van der Waals surface area contributed by atoms with E-state index in [2.05, 4.69) is 193 Å². The molecule has 278 valence electrons. The van der Waals surface area contributed by atoms with Gasteiger partial charge in [0.15, 0.2) is 0 Å². The van der Waals surface area contributed by atoms with E-state index >= 15 is 0 Å². The fourth-order valence-electron chi connectivity index (χ4n) is 10.3. The highest BCUT2D eigenvalue weighted by Gasteiger charge is 2.45. The topological polar surface area (TPSA) is 21.3 Å². The fraction of sp³-hybridized carbons (Fsp3) is 0.208. The highest BCUT2D eigenvalue weighted by molar-refractivity contribution is 6.90. The van der Waals surface area contributed by atoms with E-state index in [0.29, 0.717) is 0 Å². The SMILES string of the molecule is Cc1cc(C)c(-c2ccc3c(c2)B2c4c(cc5oc6ccccc6c5c4N3c3cc(C(C)(C)C)cc(C(C)(C)C)c3)-c3cccc4c5ccccc5n2c34)c(C)c1. The minimum Gasteiger partial charge on any atom is -0.456 e. The minimum absolute atomic E-state index is 0.0517. The van der Waals surface area contributed by atoms with Crippen molar-refractivity contribution in [3.8, 4) is 22.3 Å². The van der Waals surface area contributed by atoms with Crippen molar-refractivity contribution in [2.24, 2.45) is 0 Å². The number of furan rings is 1. The van der Waals surface area contributed by atoms with Gasteiger partial charge in [-0.25, -0.2) is 0 Å². The van der Waals surface area contributed by atoms with Gasteiger partial charge in [0.05, 0.1) is 11.1 Å². The highest BCUT2D eigenvalue weighted by atomic mass is 16.3. The van der Waals surface area contributed by atoms with Crippen LogP contribution in [0.3, 0.4) is 0 Å². The van der Waals surface area contributed by atoms with Crippen molar-refractivity contribution >= 4 is 78.6 Å². The smallest absolute Gasteiger partial charge is 0.333 e. The molecular formula is C53H47BN2O. The van der Waals surface area contributed by atoms with Gasteiger partial charge in [-0.2, -0.15) is 0 Å². The first-order valence-corrected chi connectivity index (χ1v) is 20.5. The quantitative estimate of drug-likeness (QED) is 0.165. The Bertz CT molecular complexity index is 3140. The van der Waals surface area contributed by atoms with E-state index in [-0.39, 0.29) is 17.7 Å². The van der Waals surface area contributed by atoms with Crippen LogP contribution in [0.15, 0.2) is 126 Å². The summed E-state index contributed by atoms with van der Waals surface area (Å²) >= 11 is 0. The van der Waals surface area contributed by atoms with Crippen molar-refractivity contribution in [3.05, 3.63) is 149 Å². The Labute approximate surface area is 335 Å². The summed E-state index contributed by atoms with van der Waals surface area (Å²) < 4.78 is 9.54. The van der Waals surface area contributed by atoms with Crippen LogP contribution >= 0.6 is 0 Å². The van der Waals surface area contributed by atoms with Gasteiger partial charge in [0, 0.05) is 44.1 Å². The van der Waals surface area contributed by atoms with E-state index < -0.39 is 0 Å². The van der Waals surface area contributed by atoms with E-state index in [1.807, 2.05) is 0 Å². The lowest BCUT2D eigenvalue weighted by molar-refractivity contribution is 0.569. The van der Waals surface area contributed by atoms with E-state index in [4.69, 9.17) is 4.42 Å². The molecule has 2 aliphatic rings. The van der Waals surface area contributed by atoms with Crippen molar-refractivity contribution in [1.82, 2.24) is 4.48 Å². The molecule has 0 spiro atoms. The fourth-order valence-corrected chi connectivity index (χ4v) is 10.3. The number of benzene rings is 7. The second kappa shape index (κ2) is 11.5. The lowest BCUT2D eigenvalue weighted by Crippen LogP contribution is -2.56. The third-order valence-electron chi connectivity index (χ3n) is 12.9. The maximum absolute atomic E-state index is 6.87. The lowest BCUT2D eigenvalue weighted by Gasteiger charge is -2.41. The van der Waals surface area contributed by atoms with E-state index in [9.17, 15) is 0 Å². The molecule has 2 aliphatic heterocycles. The van der Waals surface area contributed by atoms with Gasteiger partial charge in [-0.05, 0) is 118 Å². The molecule has 0 bridgehead atoms. The Morgan fingerprint density at radius 1 is 0.579 bits per heavy atom. The molecule has 9 aromatic rings. The zero-order valence-corrected chi connectivity index (χ0v) is 34.4. The molecule has 0 N–H and O–H groups in total. The predicted octanol–water partition coefficient (Wildman–Crippen LogP) is 13.3. The van der Waals surface area contributed by atoms with Gasteiger partial charge in [0.2, 0.25) is 0 Å². The van der Waals surface area contributed by atoms with Crippen molar-refractivity contribution in [1.29, 1.82) is 0 Å². The number of nitrogens with zero attached hydrogens (tertiary/aromatic N) is 2. The van der Waals surface area contributed by atoms with E-state index in [0.717, 1.165) is 16.6 Å². The third kappa shape index (κ3) is 4.80. The zero-order chi connectivity index (χ0) is 39.3. The van der Waals surface area contributed by atoms with Crippen LogP contribution in [-0.4, -0.2) is 11.3 Å². The molecule has 2 aromatic heterocycles. The van der Waals surface area contributed by atoms with Crippen LogP contribution < -0.4 is 15.8 Å². The molecule has 0 fully saturated rings. The average Bonchev–Trinajstić information content (AvgIpc) is 3.71. The van der Waals surface area contributed by atoms with Gasteiger partial charge < -0.3 is 13.8 Å². The van der Waals surface area contributed by atoms with Gasteiger partial charge in [-0.1, -0.05) is 132 Å². The summed E-state index contributed by atoms with van der Waals surface area (Å²) in [5.41, 5.74) is 22.2. The number of fused-ring (bicyclic) bond motifs is 11. The van der Waals surface area contributed by atoms with Crippen molar-refractivity contribution in [2.75, 3.05) is 4.90 Å². The molecule has 0 aliphatic carbocycles. The number of anilines is 3. The zero-order valence-electron chi connectivity index (χ0n) is 34.4. The summed E-state index contributed by atoms with van der Waals surface area (Å²) in [5.74, 6) is 0. The Kier molecular flexibility index (Phi) is 6.94. The number of aromatic nitrogens is 1. The molecule has 7 aromatic carbocycles. The summed E-state index contributed by atoms with van der Waals surface area (Å²) in [7, 11) is 0. The van der Waals surface area contributed by atoms with Gasteiger partial charge in [0.1, 0.15) is 11.2 Å². The molecule has 0 unspecified atom stereocenters. The first-order valence-electron chi connectivity index (χ1n) is 20.5. The summed E-state index contributed by atoms with van der Waals surface area (Å²) in [6, 6.07) is 46.1. The molecule has 0 saturated carbocycles. The Morgan fingerprint density at radius 2 is 1.25 bits per heavy atom. The lowest BCUT2D eigenvalue weighted by atomic mass is 9.44. The largest absolute Gasteiger partial charge is 0.456 e. The second-order valence-electron chi connectivity index (χ2n) is 18.8. The normalized spacial score (nSPS) is 13.6. The minimum atomic E-state index is -0.0736. The van der Waals surface area contributed by atoms with Gasteiger partial charge in [-0.3, -0.25) is 0 Å². The molecule has 4 heterocycles. The monoisotopic (exact) mass is 738 g/mol. The Balaban J connectivity index is 1.36.